The molecule has 1 N–H and O–H groups in total. The molecule has 0 aromatic heterocycles. The molecule has 1 aromatic rings. The molecule has 148 valence electrons. The lowest BCUT2D eigenvalue weighted by atomic mass is 9.63. The number of hydrogen-bond acceptors (Lipinski definition) is 4. The fraction of sp³-hybridized carbons (Fsp3) is 0.579. The molecule has 0 bridgehead atoms. The van der Waals surface area contributed by atoms with Crippen molar-refractivity contribution in [1.29, 1.82) is 0 Å². The van der Waals surface area contributed by atoms with Gasteiger partial charge >= 0.3 is 5.97 Å². The molecular weight excluding hydrogens is 358 g/mol. The molecule has 1 amide bonds. The van der Waals surface area contributed by atoms with Crippen molar-refractivity contribution in [1.82, 2.24) is 9.80 Å². The third-order valence-corrected chi connectivity index (χ3v) is 5.41. The van der Waals surface area contributed by atoms with Crippen molar-refractivity contribution in [3.8, 4) is 0 Å². The lowest BCUT2D eigenvalue weighted by Gasteiger charge is -2.46. The van der Waals surface area contributed by atoms with Crippen LogP contribution in [0, 0.1) is 11.6 Å². The highest BCUT2D eigenvalue weighted by Gasteiger charge is 2.49. The Labute approximate surface area is 156 Å². The van der Waals surface area contributed by atoms with Gasteiger partial charge in [-0.25, -0.2) is 8.78 Å². The zero-order valence-corrected chi connectivity index (χ0v) is 15.3. The number of nitrogens with zero attached hydrogens (tertiary/aromatic N) is 2. The summed E-state index contributed by atoms with van der Waals surface area (Å²) in [6.45, 7) is 1.35. The van der Waals surface area contributed by atoms with E-state index in [-0.39, 0.29) is 24.1 Å². The molecule has 1 saturated carbocycles. The number of amides is 1. The number of carboxylic acids is 1. The SMILES string of the molecule is CN(CC(=O)O)CC1CN(C(=O)C2(c3ccc(F)cc3F)CCC2)CCO1. The maximum absolute atomic E-state index is 14.4. The summed E-state index contributed by atoms with van der Waals surface area (Å²) in [5.74, 6) is -2.44. The van der Waals surface area contributed by atoms with Gasteiger partial charge in [-0.15, -0.1) is 0 Å². The minimum Gasteiger partial charge on any atom is -0.480 e. The number of carbonyl (C=O) groups excluding carboxylic acids is 1. The molecule has 8 heteroatoms. The van der Waals surface area contributed by atoms with Crippen LogP contribution in [0.4, 0.5) is 8.78 Å². The van der Waals surface area contributed by atoms with Crippen LogP contribution in [-0.4, -0.2) is 72.7 Å². The van der Waals surface area contributed by atoms with E-state index in [1.54, 1.807) is 16.8 Å². The number of aliphatic carboxylic acids is 1. The maximum Gasteiger partial charge on any atom is 0.317 e. The van der Waals surface area contributed by atoms with Crippen LogP contribution in [-0.2, 0) is 19.7 Å². The average molecular weight is 382 g/mol. The Bertz CT molecular complexity index is 724. The van der Waals surface area contributed by atoms with Gasteiger partial charge in [0.05, 0.1) is 24.7 Å². The van der Waals surface area contributed by atoms with Crippen molar-refractivity contribution >= 4 is 11.9 Å². The Hall–Kier alpha value is -2.06. The molecule has 1 saturated heterocycles. The van der Waals surface area contributed by atoms with Gasteiger partial charge in [-0.2, -0.15) is 0 Å². The summed E-state index contributed by atoms with van der Waals surface area (Å²) in [6.07, 6.45) is 1.59. The van der Waals surface area contributed by atoms with Gasteiger partial charge in [0.15, 0.2) is 0 Å². The number of ether oxygens (including phenoxy) is 1. The van der Waals surface area contributed by atoms with Crippen LogP contribution in [0.3, 0.4) is 0 Å². The first-order valence-corrected chi connectivity index (χ1v) is 9.09. The van der Waals surface area contributed by atoms with Crippen LogP contribution in [0.25, 0.3) is 0 Å². The van der Waals surface area contributed by atoms with Gasteiger partial charge < -0.3 is 14.7 Å². The highest BCUT2D eigenvalue weighted by atomic mass is 19.1. The molecular formula is C19H24F2N2O4. The molecule has 1 aromatic carbocycles. The van der Waals surface area contributed by atoms with Crippen LogP contribution in [0.15, 0.2) is 18.2 Å². The molecule has 27 heavy (non-hydrogen) atoms. The first-order valence-electron chi connectivity index (χ1n) is 9.09. The third kappa shape index (κ3) is 4.11. The van der Waals surface area contributed by atoms with Crippen LogP contribution in [0.2, 0.25) is 0 Å². The first kappa shape index (κ1) is 19.7. The molecule has 3 rings (SSSR count). The second-order valence-corrected chi connectivity index (χ2v) is 7.39. The number of halogens is 2. The Kier molecular flexibility index (Phi) is 5.76. The Morgan fingerprint density at radius 2 is 2.11 bits per heavy atom. The van der Waals surface area contributed by atoms with E-state index in [1.165, 1.54) is 12.1 Å². The average Bonchev–Trinajstić information content (AvgIpc) is 2.55. The number of carbonyl (C=O) groups is 2. The maximum atomic E-state index is 14.4. The van der Waals surface area contributed by atoms with Crippen molar-refractivity contribution in [2.24, 2.45) is 0 Å². The van der Waals surface area contributed by atoms with E-state index in [9.17, 15) is 18.4 Å². The molecule has 1 atom stereocenters. The standard InChI is InChI=1S/C19H24F2N2O4/c1-22(12-17(24)25)10-14-11-23(7-8-27-14)18(26)19(5-2-6-19)15-4-3-13(20)9-16(15)21/h3-4,9,14H,2,5-8,10-12H2,1H3,(H,24,25). The Morgan fingerprint density at radius 1 is 1.37 bits per heavy atom. The van der Waals surface area contributed by atoms with E-state index in [1.807, 2.05) is 0 Å². The van der Waals surface area contributed by atoms with Crippen molar-refractivity contribution in [3.05, 3.63) is 35.4 Å². The summed E-state index contributed by atoms with van der Waals surface area (Å²) in [5.41, 5.74) is -0.682. The second-order valence-electron chi connectivity index (χ2n) is 7.39. The van der Waals surface area contributed by atoms with E-state index in [0.717, 1.165) is 12.5 Å². The fourth-order valence-electron chi connectivity index (χ4n) is 3.97. The third-order valence-electron chi connectivity index (χ3n) is 5.41. The Morgan fingerprint density at radius 3 is 2.70 bits per heavy atom. The van der Waals surface area contributed by atoms with Crippen molar-refractivity contribution < 1.29 is 28.2 Å². The van der Waals surface area contributed by atoms with Crippen LogP contribution in [0.5, 0.6) is 0 Å². The fourth-order valence-corrected chi connectivity index (χ4v) is 3.97. The van der Waals surface area contributed by atoms with Crippen molar-refractivity contribution in [2.75, 3.05) is 39.8 Å². The Balaban J connectivity index is 1.72. The van der Waals surface area contributed by atoms with Gasteiger partial charge in [0.2, 0.25) is 5.91 Å². The summed E-state index contributed by atoms with van der Waals surface area (Å²) in [4.78, 5) is 27.4. The number of likely N-dealkylation sites (N-methyl/N-ethyl adjacent to an activating group) is 1. The van der Waals surface area contributed by atoms with E-state index in [4.69, 9.17) is 9.84 Å². The van der Waals surface area contributed by atoms with E-state index < -0.39 is 23.0 Å². The minimum atomic E-state index is -0.938. The molecule has 6 nitrogen and oxygen atoms in total. The number of carboxylic acid groups (broad SMARTS) is 1. The second kappa shape index (κ2) is 7.90. The molecule has 1 heterocycles. The summed E-state index contributed by atoms with van der Waals surface area (Å²) in [7, 11) is 1.68. The lowest BCUT2D eigenvalue weighted by Crippen LogP contribution is -2.57. The predicted molar refractivity (Wildman–Crippen MR) is 93.3 cm³/mol. The normalized spacial score (nSPS) is 21.8. The van der Waals surface area contributed by atoms with Gasteiger partial charge in [0, 0.05) is 31.3 Å². The van der Waals surface area contributed by atoms with E-state index in [2.05, 4.69) is 0 Å². The minimum absolute atomic E-state index is 0.113. The van der Waals surface area contributed by atoms with Gasteiger partial charge in [-0.05, 0) is 26.0 Å². The summed E-state index contributed by atoms with van der Waals surface area (Å²) < 4.78 is 33.3. The number of benzene rings is 1. The van der Waals surface area contributed by atoms with Crippen molar-refractivity contribution in [2.45, 2.75) is 30.8 Å². The van der Waals surface area contributed by atoms with Crippen LogP contribution < -0.4 is 0 Å². The van der Waals surface area contributed by atoms with E-state index >= 15 is 0 Å². The van der Waals surface area contributed by atoms with Crippen molar-refractivity contribution in [3.63, 3.8) is 0 Å². The smallest absolute Gasteiger partial charge is 0.317 e. The molecule has 1 unspecified atom stereocenters. The van der Waals surface area contributed by atoms with Gasteiger partial charge in [0.1, 0.15) is 11.6 Å². The monoisotopic (exact) mass is 382 g/mol. The number of hydrogen-bond donors (Lipinski definition) is 1. The quantitative estimate of drug-likeness (QED) is 0.810. The molecule has 0 radical (unpaired) electrons. The predicted octanol–water partition coefficient (Wildman–Crippen LogP) is 1.63. The van der Waals surface area contributed by atoms with Gasteiger partial charge in [0.25, 0.3) is 0 Å². The van der Waals surface area contributed by atoms with Crippen LogP contribution >= 0.6 is 0 Å². The number of morpholine rings is 1. The topological polar surface area (TPSA) is 70.1 Å². The number of rotatable bonds is 6. The lowest BCUT2D eigenvalue weighted by molar-refractivity contribution is -0.150. The highest BCUT2D eigenvalue weighted by Crippen LogP contribution is 2.46. The highest BCUT2D eigenvalue weighted by molar-refractivity contribution is 5.89. The molecule has 2 aliphatic rings. The summed E-state index contributed by atoms with van der Waals surface area (Å²) in [6, 6.07) is 3.39. The first-order chi connectivity index (χ1) is 12.8. The molecule has 2 fully saturated rings. The van der Waals surface area contributed by atoms with Gasteiger partial charge in [-0.3, -0.25) is 14.5 Å². The largest absolute Gasteiger partial charge is 0.480 e. The molecule has 1 aliphatic carbocycles. The zero-order chi connectivity index (χ0) is 19.6. The molecule has 0 spiro atoms. The van der Waals surface area contributed by atoms with Gasteiger partial charge in [-0.1, -0.05) is 12.5 Å². The van der Waals surface area contributed by atoms with Crippen LogP contribution in [0.1, 0.15) is 24.8 Å². The summed E-state index contributed by atoms with van der Waals surface area (Å²) >= 11 is 0. The van der Waals surface area contributed by atoms with E-state index in [0.29, 0.717) is 39.1 Å². The molecule has 1 aliphatic heterocycles. The summed E-state index contributed by atoms with van der Waals surface area (Å²) in [5, 5.41) is 8.86. The zero-order valence-electron chi connectivity index (χ0n) is 15.3.